The van der Waals surface area contributed by atoms with Crippen LogP contribution in [-0.4, -0.2) is 42.3 Å². The van der Waals surface area contributed by atoms with Crippen LogP contribution in [0.25, 0.3) is 0 Å². The van der Waals surface area contributed by atoms with Crippen molar-refractivity contribution in [1.82, 2.24) is 15.8 Å². The molecule has 2 N–H and O–H groups in total. The first kappa shape index (κ1) is 16.8. The van der Waals surface area contributed by atoms with Crippen LogP contribution >= 0.6 is 0 Å². The van der Waals surface area contributed by atoms with Crippen LogP contribution in [0.15, 0.2) is 24.3 Å². The lowest BCUT2D eigenvalue weighted by atomic mass is 10.2. The van der Waals surface area contributed by atoms with Crippen molar-refractivity contribution >= 4 is 17.7 Å². The van der Waals surface area contributed by atoms with Crippen molar-refractivity contribution < 1.29 is 19.1 Å². The number of hydrogen-bond donors (Lipinski definition) is 2. The van der Waals surface area contributed by atoms with Gasteiger partial charge in [-0.25, -0.2) is 0 Å². The zero-order chi connectivity index (χ0) is 16.7. The van der Waals surface area contributed by atoms with Gasteiger partial charge >= 0.3 is 0 Å². The Bertz CT molecular complexity index is 571. The zero-order valence-corrected chi connectivity index (χ0v) is 13.1. The third-order valence-corrected chi connectivity index (χ3v) is 3.55. The monoisotopic (exact) mass is 319 g/mol. The first-order valence-corrected chi connectivity index (χ1v) is 7.65. The normalized spacial score (nSPS) is 13.8. The highest BCUT2D eigenvalue weighted by molar-refractivity contribution is 5.87. The Morgan fingerprint density at radius 2 is 1.87 bits per heavy atom. The van der Waals surface area contributed by atoms with Crippen LogP contribution in [0.5, 0.6) is 5.75 Å². The van der Waals surface area contributed by atoms with Gasteiger partial charge in [-0.1, -0.05) is 19.1 Å². The van der Waals surface area contributed by atoms with E-state index in [-0.39, 0.29) is 19.1 Å². The Labute approximate surface area is 135 Å². The van der Waals surface area contributed by atoms with E-state index < -0.39 is 11.8 Å². The number of hydrazine groups is 1. The number of nitrogens with zero attached hydrogens (tertiary/aromatic N) is 1. The Morgan fingerprint density at radius 1 is 1.17 bits per heavy atom. The molecule has 0 aliphatic carbocycles. The van der Waals surface area contributed by atoms with E-state index in [0.29, 0.717) is 18.7 Å². The highest BCUT2D eigenvalue weighted by Crippen LogP contribution is 2.12. The molecule has 7 nitrogen and oxygen atoms in total. The second kappa shape index (κ2) is 8.17. The number of carbonyl (C=O) groups excluding carboxylic acids is 3. The van der Waals surface area contributed by atoms with E-state index in [1.807, 2.05) is 12.1 Å². The third-order valence-electron chi connectivity index (χ3n) is 3.55. The summed E-state index contributed by atoms with van der Waals surface area (Å²) in [4.78, 5) is 36.1. The average molecular weight is 319 g/mol. The second-order valence-electron chi connectivity index (χ2n) is 5.30. The number of likely N-dealkylation sites (tertiary alicyclic amines) is 1. The quantitative estimate of drug-likeness (QED) is 0.743. The molecule has 23 heavy (non-hydrogen) atoms. The van der Waals surface area contributed by atoms with E-state index in [9.17, 15) is 14.4 Å². The summed E-state index contributed by atoms with van der Waals surface area (Å²) in [6.45, 7) is 2.39. The Balaban J connectivity index is 1.66. The maximum atomic E-state index is 11.6. The predicted molar refractivity (Wildman–Crippen MR) is 83.4 cm³/mol. The number of benzene rings is 1. The van der Waals surface area contributed by atoms with Crippen LogP contribution in [0.4, 0.5) is 0 Å². The Morgan fingerprint density at radius 3 is 2.48 bits per heavy atom. The van der Waals surface area contributed by atoms with Crippen molar-refractivity contribution in [3.05, 3.63) is 29.8 Å². The van der Waals surface area contributed by atoms with Crippen molar-refractivity contribution in [2.75, 3.05) is 19.7 Å². The summed E-state index contributed by atoms with van der Waals surface area (Å²) in [7, 11) is 0. The van der Waals surface area contributed by atoms with E-state index in [4.69, 9.17) is 4.74 Å². The first-order chi connectivity index (χ1) is 11.1. The number of amides is 3. The van der Waals surface area contributed by atoms with Crippen LogP contribution in [0.2, 0.25) is 0 Å². The van der Waals surface area contributed by atoms with Crippen LogP contribution in [-0.2, 0) is 20.8 Å². The topological polar surface area (TPSA) is 87.7 Å². The molecule has 1 heterocycles. The van der Waals surface area contributed by atoms with Gasteiger partial charge in [0.25, 0.3) is 11.8 Å². The maximum Gasteiger partial charge on any atom is 0.276 e. The summed E-state index contributed by atoms with van der Waals surface area (Å²) in [6, 6.07) is 7.46. The van der Waals surface area contributed by atoms with Crippen LogP contribution in [0.1, 0.15) is 25.3 Å². The van der Waals surface area contributed by atoms with E-state index >= 15 is 0 Å². The molecule has 0 saturated carbocycles. The number of ether oxygens (including phenoxy) is 1. The maximum absolute atomic E-state index is 11.6. The average Bonchev–Trinajstić information content (AvgIpc) is 2.96. The van der Waals surface area contributed by atoms with Crippen molar-refractivity contribution in [2.45, 2.75) is 26.2 Å². The van der Waals surface area contributed by atoms with Gasteiger partial charge in [0.15, 0.2) is 6.61 Å². The highest BCUT2D eigenvalue weighted by Gasteiger charge is 2.22. The van der Waals surface area contributed by atoms with Gasteiger partial charge in [-0.2, -0.15) is 0 Å². The van der Waals surface area contributed by atoms with E-state index in [2.05, 4.69) is 17.8 Å². The molecule has 2 rings (SSSR count). The molecule has 0 bridgehead atoms. The molecule has 1 saturated heterocycles. The summed E-state index contributed by atoms with van der Waals surface area (Å²) >= 11 is 0. The molecule has 0 radical (unpaired) electrons. The van der Waals surface area contributed by atoms with Crippen molar-refractivity contribution in [2.24, 2.45) is 0 Å². The fourth-order valence-corrected chi connectivity index (χ4v) is 2.23. The van der Waals surface area contributed by atoms with Crippen LogP contribution in [0, 0.1) is 0 Å². The third kappa shape index (κ3) is 5.28. The molecular weight excluding hydrogens is 298 g/mol. The summed E-state index contributed by atoms with van der Waals surface area (Å²) in [5.74, 6) is -0.344. The Hall–Kier alpha value is -2.57. The van der Waals surface area contributed by atoms with Crippen LogP contribution < -0.4 is 15.6 Å². The predicted octanol–water partition coefficient (Wildman–Crippen LogP) is 0.398. The van der Waals surface area contributed by atoms with Crippen LogP contribution in [0.3, 0.4) is 0 Å². The van der Waals surface area contributed by atoms with Crippen molar-refractivity contribution in [1.29, 1.82) is 0 Å². The van der Waals surface area contributed by atoms with Gasteiger partial charge in [-0.05, 0) is 30.5 Å². The minimum Gasteiger partial charge on any atom is -0.484 e. The molecule has 1 fully saturated rings. The molecule has 1 aliphatic rings. The summed E-state index contributed by atoms with van der Waals surface area (Å²) < 4.78 is 5.32. The molecule has 0 unspecified atom stereocenters. The van der Waals surface area contributed by atoms with E-state index in [1.165, 1.54) is 10.5 Å². The van der Waals surface area contributed by atoms with Gasteiger partial charge in [-0.15, -0.1) is 0 Å². The van der Waals surface area contributed by atoms with Gasteiger partial charge in [0, 0.05) is 13.0 Å². The minimum absolute atomic E-state index is 0.0367. The molecule has 124 valence electrons. The molecule has 0 aromatic heterocycles. The second-order valence-corrected chi connectivity index (χ2v) is 5.30. The molecule has 7 heteroatoms. The number of carbonyl (C=O) groups is 3. The summed E-state index contributed by atoms with van der Waals surface area (Å²) in [6.07, 6.45) is 2.18. The highest BCUT2D eigenvalue weighted by atomic mass is 16.5. The van der Waals surface area contributed by atoms with Gasteiger partial charge in [0.05, 0.1) is 0 Å². The van der Waals surface area contributed by atoms with Crippen molar-refractivity contribution in [3.8, 4) is 5.75 Å². The molecule has 1 aromatic rings. The zero-order valence-electron chi connectivity index (χ0n) is 13.1. The lowest BCUT2D eigenvalue weighted by molar-refractivity contribution is -0.134. The SMILES string of the molecule is CCc1ccc(OCC(=O)NNC(=O)CN2CCCC2=O)cc1. The fraction of sp³-hybridized carbons (Fsp3) is 0.438. The number of hydrogen-bond acceptors (Lipinski definition) is 4. The first-order valence-electron chi connectivity index (χ1n) is 7.65. The number of rotatable bonds is 6. The minimum atomic E-state index is -0.467. The lowest BCUT2D eigenvalue weighted by Crippen LogP contribution is -2.48. The lowest BCUT2D eigenvalue weighted by Gasteiger charge is -2.15. The number of nitrogens with one attached hydrogen (secondary N) is 2. The van der Waals surface area contributed by atoms with Gasteiger partial charge in [0.1, 0.15) is 12.3 Å². The van der Waals surface area contributed by atoms with Gasteiger partial charge < -0.3 is 9.64 Å². The molecule has 1 aromatic carbocycles. The summed E-state index contributed by atoms with van der Waals surface area (Å²) in [5.41, 5.74) is 5.72. The number of aryl methyl sites for hydroxylation is 1. The molecule has 0 spiro atoms. The van der Waals surface area contributed by atoms with E-state index in [1.54, 1.807) is 12.1 Å². The largest absolute Gasteiger partial charge is 0.484 e. The molecule has 3 amide bonds. The summed E-state index contributed by atoms with van der Waals surface area (Å²) in [5, 5.41) is 0. The standard InChI is InChI=1S/C16H21N3O4/c1-2-12-5-7-13(8-6-12)23-11-15(21)18-17-14(20)10-19-9-3-4-16(19)22/h5-8H,2-4,9-11H2,1H3,(H,17,20)(H,18,21). The molecular formula is C16H21N3O4. The fourth-order valence-electron chi connectivity index (χ4n) is 2.23. The van der Waals surface area contributed by atoms with Crippen molar-refractivity contribution in [3.63, 3.8) is 0 Å². The van der Waals surface area contributed by atoms with Gasteiger partial charge in [-0.3, -0.25) is 25.2 Å². The molecule has 1 aliphatic heterocycles. The Kier molecular flexibility index (Phi) is 5.96. The smallest absolute Gasteiger partial charge is 0.276 e. The van der Waals surface area contributed by atoms with Gasteiger partial charge in [0.2, 0.25) is 5.91 Å². The molecule has 0 atom stereocenters. The van der Waals surface area contributed by atoms with E-state index in [0.717, 1.165) is 12.8 Å².